The van der Waals surface area contributed by atoms with E-state index in [-0.39, 0.29) is 17.7 Å². The van der Waals surface area contributed by atoms with Gasteiger partial charge in [-0.15, -0.1) is 10.2 Å². The van der Waals surface area contributed by atoms with Gasteiger partial charge in [-0.2, -0.15) is 0 Å². The number of nitrogens with one attached hydrogen (secondary N) is 1. The smallest absolute Gasteiger partial charge is 0.283 e. The maximum absolute atomic E-state index is 12.8. The highest BCUT2D eigenvalue weighted by atomic mass is 35.5. The molecule has 34 heavy (non-hydrogen) atoms. The lowest BCUT2D eigenvalue weighted by Crippen LogP contribution is -2.26. The lowest BCUT2D eigenvalue weighted by atomic mass is 9.81. The fourth-order valence-corrected chi connectivity index (χ4v) is 5.58. The number of anilines is 1. The summed E-state index contributed by atoms with van der Waals surface area (Å²) in [6, 6.07) is 12.8. The molecular weight excluding hydrogens is 495 g/mol. The molecule has 1 saturated carbocycles. The van der Waals surface area contributed by atoms with Crippen LogP contribution < -0.4 is 5.32 Å². The summed E-state index contributed by atoms with van der Waals surface area (Å²) in [7, 11) is 0. The number of aromatic nitrogens is 3. The van der Waals surface area contributed by atoms with E-state index in [0.717, 1.165) is 41.3 Å². The van der Waals surface area contributed by atoms with Crippen molar-refractivity contribution in [3.63, 3.8) is 0 Å². The van der Waals surface area contributed by atoms with Crippen LogP contribution in [0.5, 0.6) is 0 Å². The minimum Gasteiger partial charge on any atom is -0.451 e. The number of hydrogen-bond acceptors (Lipinski definition) is 7. The molecular formula is C24H18Cl2N4O3S. The molecule has 1 fully saturated rings. The fourth-order valence-electron chi connectivity index (χ4n) is 4.38. The molecule has 1 aliphatic carbocycles. The Morgan fingerprint density at radius 3 is 2.62 bits per heavy atom. The molecule has 10 heteroatoms. The van der Waals surface area contributed by atoms with E-state index in [1.54, 1.807) is 12.1 Å². The molecule has 3 aromatic heterocycles. The lowest BCUT2D eigenvalue weighted by molar-refractivity contribution is -0.120. The number of benzene rings is 2. The minimum atomic E-state index is -0.0747. The summed E-state index contributed by atoms with van der Waals surface area (Å²) >= 11 is 13.5. The zero-order valence-electron chi connectivity index (χ0n) is 17.8. The Balaban J connectivity index is 1.10. The van der Waals surface area contributed by atoms with Crippen LogP contribution in [0, 0.1) is 5.92 Å². The first kappa shape index (κ1) is 21.6. The fraction of sp³-hybridized carbons (Fsp3) is 0.250. The molecule has 0 spiro atoms. The minimum absolute atomic E-state index is 0.00393. The molecule has 0 radical (unpaired) electrons. The van der Waals surface area contributed by atoms with Crippen molar-refractivity contribution in [2.45, 2.75) is 31.6 Å². The molecule has 0 bridgehead atoms. The van der Waals surface area contributed by atoms with Gasteiger partial charge >= 0.3 is 0 Å². The van der Waals surface area contributed by atoms with Crippen LogP contribution in [0.4, 0.5) is 5.13 Å². The third kappa shape index (κ3) is 4.17. The van der Waals surface area contributed by atoms with Crippen LogP contribution in [0.2, 0.25) is 10.0 Å². The topological polar surface area (TPSA) is 94.1 Å². The highest BCUT2D eigenvalue weighted by molar-refractivity contribution is 7.22. The number of hydrogen-bond donors (Lipinski definition) is 1. The van der Waals surface area contributed by atoms with Crippen LogP contribution in [-0.4, -0.2) is 21.1 Å². The summed E-state index contributed by atoms with van der Waals surface area (Å²) in [5.41, 5.74) is 1.50. The van der Waals surface area contributed by atoms with E-state index in [4.69, 9.17) is 32.0 Å². The highest BCUT2D eigenvalue weighted by Gasteiger charge is 2.30. The molecule has 0 atom stereocenters. The van der Waals surface area contributed by atoms with Crippen LogP contribution in [-0.2, 0) is 4.79 Å². The molecule has 6 rings (SSSR count). The van der Waals surface area contributed by atoms with E-state index in [2.05, 4.69) is 20.5 Å². The highest BCUT2D eigenvalue weighted by Crippen LogP contribution is 2.38. The van der Waals surface area contributed by atoms with E-state index in [9.17, 15) is 4.79 Å². The van der Waals surface area contributed by atoms with Gasteiger partial charge in [-0.25, -0.2) is 4.98 Å². The molecule has 3 heterocycles. The van der Waals surface area contributed by atoms with E-state index in [0.29, 0.717) is 38.3 Å². The summed E-state index contributed by atoms with van der Waals surface area (Å²) in [6.07, 6.45) is 3.08. The van der Waals surface area contributed by atoms with E-state index >= 15 is 0 Å². The predicted molar refractivity (Wildman–Crippen MR) is 132 cm³/mol. The summed E-state index contributed by atoms with van der Waals surface area (Å²) in [5, 5.41) is 14.1. The number of halogens is 2. The van der Waals surface area contributed by atoms with Crippen molar-refractivity contribution in [3.05, 3.63) is 58.4 Å². The number of furan rings is 1. The molecule has 1 N–H and O–H groups in total. The van der Waals surface area contributed by atoms with Gasteiger partial charge in [-0.1, -0.05) is 34.5 Å². The van der Waals surface area contributed by atoms with Crippen molar-refractivity contribution < 1.29 is 13.6 Å². The molecule has 1 aliphatic rings. The number of nitrogens with zero attached hydrogens (tertiary/aromatic N) is 3. The Kier molecular flexibility index (Phi) is 5.51. The van der Waals surface area contributed by atoms with Gasteiger partial charge in [0, 0.05) is 27.3 Å². The van der Waals surface area contributed by atoms with Gasteiger partial charge in [0.1, 0.15) is 5.58 Å². The Hall–Kier alpha value is -2.94. The van der Waals surface area contributed by atoms with Crippen LogP contribution in [0.15, 0.2) is 51.3 Å². The molecule has 2 aromatic carbocycles. The maximum atomic E-state index is 12.8. The normalized spacial score (nSPS) is 18.5. The monoisotopic (exact) mass is 512 g/mol. The van der Waals surface area contributed by atoms with Gasteiger partial charge in [0.05, 0.1) is 10.2 Å². The second kappa shape index (κ2) is 8.69. The maximum Gasteiger partial charge on any atom is 0.283 e. The van der Waals surface area contributed by atoms with Crippen molar-refractivity contribution in [1.29, 1.82) is 0 Å². The van der Waals surface area contributed by atoms with Crippen molar-refractivity contribution in [2.75, 3.05) is 5.32 Å². The van der Waals surface area contributed by atoms with Crippen molar-refractivity contribution >= 4 is 66.8 Å². The average molecular weight is 513 g/mol. The van der Waals surface area contributed by atoms with Crippen LogP contribution >= 0.6 is 34.5 Å². The second-order valence-electron chi connectivity index (χ2n) is 8.41. The first-order valence-electron chi connectivity index (χ1n) is 10.9. The zero-order valence-corrected chi connectivity index (χ0v) is 20.1. The van der Waals surface area contributed by atoms with Crippen molar-refractivity contribution in [2.24, 2.45) is 5.92 Å². The van der Waals surface area contributed by atoms with Crippen molar-refractivity contribution in [3.8, 4) is 11.7 Å². The van der Waals surface area contributed by atoms with Gasteiger partial charge in [-0.05, 0) is 68.1 Å². The van der Waals surface area contributed by atoms with Gasteiger partial charge in [0.25, 0.3) is 5.89 Å². The van der Waals surface area contributed by atoms with Gasteiger partial charge in [0.15, 0.2) is 10.9 Å². The zero-order chi connectivity index (χ0) is 23.2. The molecule has 0 saturated heterocycles. The third-order valence-corrected chi connectivity index (χ3v) is 7.58. The quantitative estimate of drug-likeness (QED) is 0.271. The molecule has 172 valence electrons. The Labute approximate surface area is 208 Å². The summed E-state index contributed by atoms with van der Waals surface area (Å²) in [4.78, 5) is 17.3. The number of thiazole rings is 1. The Morgan fingerprint density at radius 1 is 0.971 bits per heavy atom. The molecule has 0 aliphatic heterocycles. The summed E-state index contributed by atoms with van der Waals surface area (Å²) in [6.45, 7) is 0. The number of fused-ring (bicyclic) bond motifs is 2. The molecule has 0 unspecified atom stereocenters. The van der Waals surface area contributed by atoms with E-state index in [1.807, 2.05) is 30.3 Å². The van der Waals surface area contributed by atoms with E-state index in [1.165, 1.54) is 11.3 Å². The van der Waals surface area contributed by atoms with Gasteiger partial charge in [0.2, 0.25) is 11.8 Å². The standard InChI is InChI=1S/C24H18Cl2N4O3S/c25-15-5-7-18-14(9-15)10-19(32-18)23-30-29-22(33-23)13-3-1-12(2-4-13)21(31)28-24-27-17-11-16(26)6-8-20(17)34-24/h5-13H,1-4H2,(H,27,28,31). The largest absolute Gasteiger partial charge is 0.451 e. The first-order chi connectivity index (χ1) is 16.5. The second-order valence-corrected chi connectivity index (χ2v) is 10.3. The average Bonchev–Trinajstić information content (AvgIpc) is 3.56. The Bertz CT molecular complexity index is 1520. The lowest BCUT2D eigenvalue weighted by Gasteiger charge is -2.25. The Morgan fingerprint density at radius 2 is 1.76 bits per heavy atom. The summed E-state index contributed by atoms with van der Waals surface area (Å²) in [5.74, 6) is 1.48. The number of rotatable bonds is 4. The van der Waals surface area contributed by atoms with Gasteiger partial charge < -0.3 is 14.2 Å². The molecule has 7 nitrogen and oxygen atoms in total. The summed E-state index contributed by atoms with van der Waals surface area (Å²) < 4.78 is 12.7. The van der Waals surface area contributed by atoms with Crippen molar-refractivity contribution in [1.82, 2.24) is 15.2 Å². The van der Waals surface area contributed by atoms with E-state index < -0.39 is 0 Å². The van der Waals surface area contributed by atoms with Crippen LogP contribution in [0.25, 0.3) is 32.8 Å². The van der Waals surface area contributed by atoms with Gasteiger partial charge in [-0.3, -0.25) is 4.79 Å². The number of carbonyl (C=O) groups excluding carboxylic acids is 1. The predicted octanol–water partition coefficient (Wildman–Crippen LogP) is 7.31. The van der Waals surface area contributed by atoms with Crippen LogP contribution in [0.3, 0.4) is 0 Å². The molecule has 5 aromatic rings. The first-order valence-corrected chi connectivity index (χ1v) is 12.5. The number of carbonyl (C=O) groups is 1. The number of amides is 1. The molecule has 1 amide bonds. The SMILES string of the molecule is O=C(Nc1nc2cc(Cl)ccc2s1)C1CCC(c2nnc(-c3cc4cc(Cl)ccc4o3)o2)CC1. The third-order valence-electron chi connectivity index (χ3n) is 6.16. The van der Waals surface area contributed by atoms with Crippen LogP contribution in [0.1, 0.15) is 37.5 Å².